The van der Waals surface area contributed by atoms with Crippen molar-refractivity contribution in [3.63, 3.8) is 0 Å². The average Bonchev–Trinajstić information content (AvgIpc) is 2.99. The Kier molecular flexibility index (Phi) is 5.52. The van der Waals surface area contributed by atoms with E-state index in [0.29, 0.717) is 32.0 Å². The minimum atomic E-state index is -1.19. The SMILES string of the molecule is CCC(C)(O)C#Cc1cc2c(cc1F)C1CC(C1)n1c-2nc(C(N)=O)c1CN1CCOCC1. The van der Waals surface area contributed by atoms with Crippen molar-refractivity contribution in [2.75, 3.05) is 26.3 Å². The van der Waals surface area contributed by atoms with Gasteiger partial charge in [0.15, 0.2) is 5.69 Å². The number of hydrogen-bond acceptors (Lipinski definition) is 5. The first kappa shape index (κ1) is 22.1. The maximum Gasteiger partial charge on any atom is 0.269 e. The Labute approximate surface area is 192 Å². The summed E-state index contributed by atoms with van der Waals surface area (Å²) in [7, 11) is 0. The molecule has 1 aliphatic carbocycles. The maximum atomic E-state index is 15.0. The lowest BCUT2D eigenvalue weighted by Crippen LogP contribution is -2.37. The van der Waals surface area contributed by atoms with E-state index < -0.39 is 17.3 Å². The van der Waals surface area contributed by atoms with Gasteiger partial charge in [-0.2, -0.15) is 0 Å². The van der Waals surface area contributed by atoms with E-state index >= 15 is 0 Å². The van der Waals surface area contributed by atoms with Gasteiger partial charge in [0.25, 0.3) is 5.91 Å². The number of rotatable bonds is 4. The van der Waals surface area contributed by atoms with Gasteiger partial charge in [0.05, 0.1) is 24.5 Å². The number of aromatic nitrogens is 2. The molecule has 8 heteroatoms. The summed E-state index contributed by atoms with van der Waals surface area (Å²) in [4.78, 5) is 19.3. The van der Waals surface area contributed by atoms with Gasteiger partial charge in [0.2, 0.25) is 0 Å². The molecule has 4 aliphatic rings. The van der Waals surface area contributed by atoms with Gasteiger partial charge in [-0.05, 0) is 49.8 Å². The van der Waals surface area contributed by atoms with Gasteiger partial charge in [0.1, 0.15) is 17.2 Å². The lowest BCUT2D eigenvalue weighted by Gasteiger charge is -2.36. The molecule has 1 aromatic carbocycles. The number of ether oxygens (including phenoxy) is 1. The van der Waals surface area contributed by atoms with Crippen molar-refractivity contribution in [2.45, 2.75) is 57.2 Å². The van der Waals surface area contributed by atoms with Crippen LogP contribution in [-0.2, 0) is 11.3 Å². The largest absolute Gasteiger partial charge is 0.379 e. The molecule has 1 saturated heterocycles. The van der Waals surface area contributed by atoms with Crippen LogP contribution in [0, 0.1) is 17.7 Å². The fourth-order valence-electron chi connectivity index (χ4n) is 4.93. The number of halogens is 1. The highest BCUT2D eigenvalue weighted by atomic mass is 19.1. The number of aliphatic hydroxyl groups is 1. The Balaban J connectivity index is 1.64. The standard InChI is InChI=1S/C25H29FN4O3/c1-3-25(2,32)5-4-15-12-19-18(13-20(15)26)16-10-17(11-16)30-21(14-29-6-8-33-9-7-29)22(23(27)31)28-24(19)30/h12-13,16-17,32H,3,6-11,14H2,1-2H3,(H2,27,31). The quantitative estimate of drug-likeness (QED) is 0.696. The van der Waals surface area contributed by atoms with Crippen molar-refractivity contribution in [2.24, 2.45) is 5.73 Å². The molecule has 0 radical (unpaired) electrons. The normalized spacial score (nSPS) is 23.3. The second kappa shape index (κ2) is 8.24. The molecule has 1 amide bonds. The molecular formula is C25H29FN4O3. The number of carbonyl (C=O) groups excluding carboxylic acids is 1. The van der Waals surface area contributed by atoms with E-state index in [0.717, 1.165) is 42.8 Å². The molecule has 0 spiro atoms. The Morgan fingerprint density at radius 3 is 2.76 bits per heavy atom. The summed E-state index contributed by atoms with van der Waals surface area (Å²) in [5.41, 5.74) is 7.55. The van der Waals surface area contributed by atoms with Crippen molar-refractivity contribution in [3.8, 4) is 23.2 Å². The number of primary amides is 1. The lowest BCUT2D eigenvalue weighted by atomic mass is 9.75. The molecule has 3 N–H and O–H groups in total. The number of carbonyl (C=O) groups is 1. The molecule has 2 aromatic rings. The van der Waals surface area contributed by atoms with Gasteiger partial charge in [-0.3, -0.25) is 9.69 Å². The molecule has 7 nitrogen and oxygen atoms in total. The van der Waals surface area contributed by atoms with Crippen LogP contribution in [0.2, 0.25) is 0 Å². The first-order valence-corrected chi connectivity index (χ1v) is 11.6. The van der Waals surface area contributed by atoms with E-state index in [1.54, 1.807) is 19.1 Å². The number of morpholine rings is 1. The summed E-state index contributed by atoms with van der Waals surface area (Å²) in [5.74, 6) is 5.52. The van der Waals surface area contributed by atoms with Gasteiger partial charge in [-0.1, -0.05) is 18.8 Å². The molecule has 1 aromatic heterocycles. The average molecular weight is 453 g/mol. The second-order valence-electron chi connectivity index (χ2n) is 9.47. The van der Waals surface area contributed by atoms with E-state index in [9.17, 15) is 14.3 Å². The van der Waals surface area contributed by atoms with Crippen LogP contribution in [0.5, 0.6) is 0 Å². The zero-order valence-electron chi connectivity index (χ0n) is 19.0. The third-order valence-corrected chi connectivity index (χ3v) is 7.17. The van der Waals surface area contributed by atoms with E-state index in [-0.39, 0.29) is 23.2 Å². The van der Waals surface area contributed by atoms with Crippen molar-refractivity contribution in [1.82, 2.24) is 14.5 Å². The lowest BCUT2D eigenvalue weighted by molar-refractivity contribution is 0.0326. The third kappa shape index (κ3) is 3.95. The Morgan fingerprint density at radius 2 is 2.09 bits per heavy atom. The molecular weight excluding hydrogens is 423 g/mol. The highest BCUT2D eigenvalue weighted by molar-refractivity contribution is 5.93. The monoisotopic (exact) mass is 452 g/mol. The Bertz CT molecular complexity index is 1160. The van der Waals surface area contributed by atoms with Gasteiger partial charge in [-0.25, -0.2) is 9.37 Å². The number of imidazole rings is 1. The van der Waals surface area contributed by atoms with Gasteiger partial charge in [-0.15, -0.1) is 0 Å². The summed E-state index contributed by atoms with van der Waals surface area (Å²) in [5, 5.41) is 10.2. The molecule has 1 unspecified atom stereocenters. The summed E-state index contributed by atoms with van der Waals surface area (Å²) < 4.78 is 22.6. The van der Waals surface area contributed by atoms with E-state index in [2.05, 4.69) is 21.3 Å². The zero-order valence-corrected chi connectivity index (χ0v) is 19.0. The van der Waals surface area contributed by atoms with E-state index in [4.69, 9.17) is 15.5 Å². The van der Waals surface area contributed by atoms with Gasteiger partial charge in [0, 0.05) is 31.2 Å². The first-order chi connectivity index (χ1) is 15.8. The van der Waals surface area contributed by atoms with Gasteiger partial charge < -0.3 is 20.1 Å². The summed E-state index contributed by atoms with van der Waals surface area (Å²) in [6.07, 6.45) is 2.19. The molecule has 1 saturated carbocycles. The third-order valence-electron chi connectivity index (χ3n) is 7.17. The molecule has 2 fully saturated rings. The maximum absolute atomic E-state index is 15.0. The molecule has 174 valence electrons. The van der Waals surface area contributed by atoms with Crippen molar-refractivity contribution in [1.29, 1.82) is 0 Å². The fraction of sp³-hybridized carbons (Fsp3) is 0.520. The van der Waals surface area contributed by atoms with E-state index in [1.807, 2.05) is 6.92 Å². The second-order valence-corrected chi connectivity index (χ2v) is 9.47. The predicted molar refractivity (Wildman–Crippen MR) is 121 cm³/mol. The summed E-state index contributed by atoms with van der Waals surface area (Å²) >= 11 is 0. The van der Waals surface area contributed by atoms with Crippen LogP contribution in [0.1, 0.15) is 72.4 Å². The highest BCUT2D eigenvalue weighted by Crippen LogP contribution is 2.53. The van der Waals surface area contributed by atoms with Crippen LogP contribution in [0.4, 0.5) is 4.39 Å². The highest BCUT2D eigenvalue weighted by Gasteiger charge is 2.41. The number of benzene rings is 1. The van der Waals surface area contributed by atoms with Crippen molar-refractivity contribution in [3.05, 3.63) is 40.5 Å². The topological polar surface area (TPSA) is 93.6 Å². The molecule has 33 heavy (non-hydrogen) atoms. The predicted octanol–water partition coefficient (Wildman–Crippen LogP) is 2.56. The smallest absolute Gasteiger partial charge is 0.269 e. The van der Waals surface area contributed by atoms with Crippen LogP contribution in [0.25, 0.3) is 11.4 Å². The van der Waals surface area contributed by atoms with Crippen LogP contribution in [0.3, 0.4) is 0 Å². The zero-order chi connectivity index (χ0) is 23.3. The first-order valence-electron chi connectivity index (χ1n) is 11.6. The Hall–Kier alpha value is -2.73. The number of hydrogen-bond donors (Lipinski definition) is 2. The van der Waals surface area contributed by atoms with Crippen LogP contribution in [-0.4, -0.2) is 57.4 Å². The summed E-state index contributed by atoms with van der Waals surface area (Å²) in [6.45, 7) is 6.88. The molecule has 6 rings (SSSR count). The van der Waals surface area contributed by atoms with Crippen LogP contribution < -0.4 is 5.73 Å². The van der Waals surface area contributed by atoms with Crippen molar-refractivity contribution < 1.29 is 19.0 Å². The number of nitrogens with zero attached hydrogens (tertiary/aromatic N) is 3. The van der Waals surface area contributed by atoms with Gasteiger partial charge >= 0.3 is 0 Å². The van der Waals surface area contributed by atoms with Crippen molar-refractivity contribution >= 4 is 5.91 Å². The summed E-state index contributed by atoms with van der Waals surface area (Å²) in [6, 6.07) is 3.47. The molecule has 2 bridgehead atoms. The molecule has 1 atom stereocenters. The molecule has 4 heterocycles. The van der Waals surface area contributed by atoms with E-state index in [1.165, 1.54) is 0 Å². The number of nitrogens with two attached hydrogens (primary N) is 1. The van der Waals surface area contributed by atoms with Crippen LogP contribution in [0.15, 0.2) is 12.1 Å². The minimum Gasteiger partial charge on any atom is -0.379 e. The minimum absolute atomic E-state index is 0.201. The Morgan fingerprint density at radius 1 is 1.36 bits per heavy atom. The van der Waals surface area contributed by atoms with Crippen LogP contribution >= 0.6 is 0 Å². The molecule has 3 aliphatic heterocycles. The fourth-order valence-corrected chi connectivity index (χ4v) is 4.93. The number of amides is 1.